The zero-order valence-corrected chi connectivity index (χ0v) is 14.3. The Labute approximate surface area is 149 Å². The van der Waals surface area contributed by atoms with E-state index in [2.05, 4.69) is 10.1 Å². The van der Waals surface area contributed by atoms with Gasteiger partial charge in [0.05, 0.1) is 18.1 Å². The van der Waals surface area contributed by atoms with Gasteiger partial charge in [0.2, 0.25) is 6.79 Å². The number of anilines is 2. The maximum Gasteiger partial charge on any atom is 0.231 e. The normalized spacial score (nSPS) is 12.7. The highest BCUT2D eigenvalue weighted by Gasteiger charge is 2.17. The van der Waals surface area contributed by atoms with Crippen LogP contribution in [0.1, 0.15) is 0 Å². The van der Waals surface area contributed by atoms with Crippen molar-refractivity contribution in [2.45, 2.75) is 0 Å². The lowest BCUT2D eigenvalue weighted by Crippen LogP contribution is -2.13. The van der Waals surface area contributed by atoms with Crippen molar-refractivity contribution >= 4 is 17.2 Å². The van der Waals surface area contributed by atoms with Crippen molar-refractivity contribution in [2.75, 3.05) is 18.7 Å². The number of aromatic nitrogens is 5. The Balaban J connectivity index is 1.56. The van der Waals surface area contributed by atoms with Gasteiger partial charge in [0, 0.05) is 37.6 Å². The summed E-state index contributed by atoms with van der Waals surface area (Å²) in [7, 11) is 3.85. The molecule has 1 aliphatic heterocycles. The van der Waals surface area contributed by atoms with E-state index >= 15 is 0 Å². The predicted molar refractivity (Wildman–Crippen MR) is 95.8 cm³/mol. The van der Waals surface area contributed by atoms with E-state index < -0.39 is 0 Å². The lowest BCUT2D eigenvalue weighted by Gasteiger charge is -2.18. The van der Waals surface area contributed by atoms with Crippen LogP contribution in [-0.2, 0) is 7.05 Å². The molecule has 3 aromatic heterocycles. The molecule has 0 atom stereocenters. The Kier molecular flexibility index (Phi) is 3.11. The second-order valence-electron chi connectivity index (χ2n) is 6.10. The van der Waals surface area contributed by atoms with Gasteiger partial charge in [-0.3, -0.25) is 4.68 Å². The number of hydrogen-bond donors (Lipinski definition) is 0. The standard InChI is InChI=1S/C18H16N6O2/c1-22-10-12(8-20-22)14-9-19-17-5-6-18(21-24(14)17)23(2)13-3-4-15-16(7-13)26-11-25-15/h3-10H,11H2,1-2H3. The molecule has 0 spiro atoms. The fourth-order valence-electron chi connectivity index (χ4n) is 3.02. The van der Waals surface area contributed by atoms with Crippen LogP contribution in [0.4, 0.5) is 11.5 Å². The summed E-state index contributed by atoms with van der Waals surface area (Å²) in [5, 5.41) is 8.99. The molecule has 26 heavy (non-hydrogen) atoms. The molecule has 0 saturated carbocycles. The monoisotopic (exact) mass is 348 g/mol. The largest absolute Gasteiger partial charge is 0.454 e. The number of ether oxygens (including phenoxy) is 2. The molecule has 0 unspecified atom stereocenters. The van der Waals surface area contributed by atoms with Crippen LogP contribution < -0.4 is 14.4 Å². The first-order valence-corrected chi connectivity index (χ1v) is 8.16. The Morgan fingerprint density at radius 1 is 1.08 bits per heavy atom. The summed E-state index contributed by atoms with van der Waals surface area (Å²) in [4.78, 5) is 6.43. The summed E-state index contributed by atoms with van der Waals surface area (Å²) in [6, 6.07) is 9.73. The van der Waals surface area contributed by atoms with Gasteiger partial charge in [-0.2, -0.15) is 5.10 Å². The molecule has 4 heterocycles. The van der Waals surface area contributed by atoms with Crippen molar-refractivity contribution in [3.63, 3.8) is 0 Å². The van der Waals surface area contributed by atoms with Crippen molar-refractivity contribution in [1.82, 2.24) is 24.4 Å². The molecule has 0 amide bonds. The van der Waals surface area contributed by atoms with Crippen LogP contribution >= 0.6 is 0 Å². The molecule has 130 valence electrons. The topological polar surface area (TPSA) is 69.7 Å². The van der Waals surface area contributed by atoms with Crippen molar-refractivity contribution < 1.29 is 9.47 Å². The predicted octanol–water partition coefficient (Wildman–Crippen LogP) is 2.63. The van der Waals surface area contributed by atoms with Crippen molar-refractivity contribution in [3.8, 4) is 22.8 Å². The number of benzene rings is 1. The number of fused-ring (bicyclic) bond motifs is 2. The molecule has 0 fully saturated rings. The molecule has 0 bridgehead atoms. The molecule has 1 aliphatic rings. The highest BCUT2D eigenvalue weighted by molar-refractivity contribution is 5.66. The van der Waals surface area contributed by atoms with E-state index in [1.165, 1.54) is 0 Å². The number of imidazole rings is 1. The van der Waals surface area contributed by atoms with Crippen molar-refractivity contribution in [3.05, 3.63) is 48.9 Å². The van der Waals surface area contributed by atoms with E-state index in [1.807, 2.05) is 66.2 Å². The highest BCUT2D eigenvalue weighted by Crippen LogP contribution is 2.36. The van der Waals surface area contributed by atoms with E-state index in [9.17, 15) is 0 Å². The number of nitrogens with zero attached hydrogens (tertiary/aromatic N) is 6. The summed E-state index contributed by atoms with van der Waals surface area (Å²) >= 11 is 0. The van der Waals surface area contributed by atoms with Crippen LogP contribution in [0, 0.1) is 0 Å². The molecular weight excluding hydrogens is 332 g/mol. The first-order chi connectivity index (χ1) is 12.7. The van der Waals surface area contributed by atoms with E-state index in [0.29, 0.717) is 0 Å². The number of aryl methyl sites for hydroxylation is 1. The Bertz CT molecular complexity index is 1120. The molecular formula is C18H16N6O2. The van der Waals surface area contributed by atoms with Crippen LogP contribution in [0.15, 0.2) is 48.9 Å². The molecule has 4 aromatic rings. The first kappa shape index (κ1) is 14.8. The van der Waals surface area contributed by atoms with Gasteiger partial charge in [-0.25, -0.2) is 9.50 Å². The lowest BCUT2D eigenvalue weighted by molar-refractivity contribution is 0.174. The van der Waals surface area contributed by atoms with E-state index in [1.54, 1.807) is 10.9 Å². The zero-order chi connectivity index (χ0) is 17.7. The van der Waals surface area contributed by atoms with Crippen LogP contribution in [0.25, 0.3) is 16.9 Å². The van der Waals surface area contributed by atoms with E-state index in [4.69, 9.17) is 14.6 Å². The van der Waals surface area contributed by atoms with Gasteiger partial charge in [0.25, 0.3) is 0 Å². The lowest BCUT2D eigenvalue weighted by atomic mass is 10.2. The fraction of sp³-hybridized carbons (Fsp3) is 0.167. The third kappa shape index (κ3) is 2.26. The van der Waals surface area contributed by atoms with Crippen molar-refractivity contribution in [1.29, 1.82) is 0 Å². The molecule has 0 saturated heterocycles. The first-order valence-electron chi connectivity index (χ1n) is 8.16. The molecule has 0 aliphatic carbocycles. The third-order valence-corrected chi connectivity index (χ3v) is 4.44. The Morgan fingerprint density at radius 3 is 2.81 bits per heavy atom. The highest BCUT2D eigenvalue weighted by atomic mass is 16.7. The van der Waals surface area contributed by atoms with Gasteiger partial charge in [-0.05, 0) is 24.3 Å². The molecule has 5 rings (SSSR count). The zero-order valence-electron chi connectivity index (χ0n) is 14.3. The van der Waals surface area contributed by atoms with Crippen LogP contribution in [0.2, 0.25) is 0 Å². The quantitative estimate of drug-likeness (QED) is 0.567. The average Bonchev–Trinajstić information content (AvgIpc) is 3.38. The number of hydrogen-bond acceptors (Lipinski definition) is 6. The summed E-state index contributed by atoms with van der Waals surface area (Å²) < 4.78 is 14.4. The van der Waals surface area contributed by atoms with Gasteiger partial charge >= 0.3 is 0 Å². The molecule has 8 nitrogen and oxygen atoms in total. The molecule has 0 N–H and O–H groups in total. The minimum Gasteiger partial charge on any atom is -0.454 e. The van der Waals surface area contributed by atoms with Gasteiger partial charge in [-0.15, -0.1) is 5.10 Å². The molecule has 1 aromatic carbocycles. The summed E-state index contributed by atoms with van der Waals surface area (Å²) in [6.45, 7) is 0.260. The minimum atomic E-state index is 0.260. The van der Waals surface area contributed by atoms with Gasteiger partial charge in [0.1, 0.15) is 0 Å². The Hall–Kier alpha value is -3.55. The Morgan fingerprint density at radius 2 is 1.96 bits per heavy atom. The maximum absolute atomic E-state index is 5.47. The summed E-state index contributed by atoms with van der Waals surface area (Å²) in [6.07, 6.45) is 5.56. The van der Waals surface area contributed by atoms with Crippen LogP contribution in [-0.4, -0.2) is 38.2 Å². The van der Waals surface area contributed by atoms with E-state index in [0.717, 1.165) is 39.9 Å². The second-order valence-corrected chi connectivity index (χ2v) is 6.10. The average molecular weight is 348 g/mol. The third-order valence-electron chi connectivity index (χ3n) is 4.44. The molecule has 8 heteroatoms. The van der Waals surface area contributed by atoms with E-state index in [-0.39, 0.29) is 6.79 Å². The van der Waals surface area contributed by atoms with Gasteiger partial charge in [0.15, 0.2) is 23.0 Å². The van der Waals surface area contributed by atoms with Crippen LogP contribution in [0.5, 0.6) is 11.5 Å². The van der Waals surface area contributed by atoms with Crippen molar-refractivity contribution in [2.24, 2.45) is 7.05 Å². The molecule has 0 radical (unpaired) electrons. The summed E-state index contributed by atoms with van der Waals surface area (Å²) in [5.41, 5.74) is 3.61. The second kappa shape index (κ2) is 5.48. The fourth-order valence-corrected chi connectivity index (χ4v) is 3.02. The number of rotatable bonds is 3. The SMILES string of the molecule is CN(c1ccc2c(c1)OCO2)c1ccc2ncc(-c3cnn(C)c3)n2n1. The smallest absolute Gasteiger partial charge is 0.231 e. The summed E-state index contributed by atoms with van der Waals surface area (Å²) in [5.74, 6) is 2.30. The maximum atomic E-state index is 5.47. The minimum absolute atomic E-state index is 0.260. The van der Waals surface area contributed by atoms with Gasteiger partial charge in [-0.1, -0.05) is 0 Å². The van der Waals surface area contributed by atoms with Crippen LogP contribution in [0.3, 0.4) is 0 Å². The van der Waals surface area contributed by atoms with Gasteiger partial charge < -0.3 is 14.4 Å².